The Morgan fingerprint density at radius 3 is 2.52 bits per heavy atom. The van der Waals surface area contributed by atoms with Gasteiger partial charge in [-0.2, -0.15) is 0 Å². The van der Waals surface area contributed by atoms with Gasteiger partial charge in [-0.05, 0) is 30.3 Å². The highest BCUT2D eigenvalue weighted by atomic mass is 79.9. The second-order valence-electron chi connectivity index (χ2n) is 4.85. The van der Waals surface area contributed by atoms with Crippen LogP contribution in [0.4, 0.5) is 0 Å². The molecule has 3 aromatic rings. The number of aromatic nitrogens is 2. The molecular weight excluding hydrogens is 380 g/mol. The maximum Gasteiger partial charge on any atom is 0.337 e. The van der Waals surface area contributed by atoms with Crippen LogP contribution in [-0.2, 0) is 10.1 Å². The molecule has 0 N–H and O–H groups in total. The Bertz CT molecular complexity index is 882. The summed E-state index contributed by atoms with van der Waals surface area (Å²) in [7, 11) is 1.35. The molecule has 0 aliphatic carbocycles. The molecule has 0 radical (unpaired) electrons. The molecule has 6 heteroatoms. The summed E-state index contributed by atoms with van der Waals surface area (Å²) in [5.74, 6) is -0.393. The smallest absolute Gasteiger partial charge is 0.337 e. The van der Waals surface area contributed by atoms with Gasteiger partial charge in [-0.15, -0.1) is 0 Å². The predicted octanol–water partition coefficient (Wildman–Crippen LogP) is 4.63. The molecule has 0 unspecified atom stereocenters. The maximum absolute atomic E-state index is 11.6. The summed E-state index contributed by atoms with van der Waals surface area (Å²) in [6.45, 7) is 0. The van der Waals surface area contributed by atoms with Crippen LogP contribution in [0.15, 0.2) is 42.5 Å². The van der Waals surface area contributed by atoms with Crippen molar-refractivity contribution < 1.29 is 9.53 Å². The van der Waals surface area contributed by atoms with Crippen molar-refractivity contribution >= 4 is 44.5 Å². The molecule has 0 saturated heterocycles. The number of nitrogens with zero attached hydrogens (tertiary/aromatic N) is 2. The number of carbonyl (C=O) groups excluding carboxylic acids is 1. The monoisotopic (exact) mass is 390 g/mol. The third-order valence-electron chi connectivity index (χ3n) is 3.40. The van der Waals surface area contributed by atoms with Gasteiger partial charge in [0.2, 0.25) is 0 Å². The molecule has 0 aliphatic rings. The van der Waals surface area contributed by atoms with Crippen LogP contribution >= 0.6 is 27.5 Å². The van der Waals surface area contributed by atoms with E-state index >= 15 is 0 Å². The molecule has 0 saturated carbocycles. The van der Waals surface area contributed by atoms with E-state index in [1.165, 1.54) is 7.11 Å². The van der Waals surface area contributed by atoms with E-state index in [0.29, 0.717) is 26.9 Å². The number of ether oxygens (including phenoxy) is 1. The van der Waals surface area contributed by atoms with Crippen molar-refractivity contribution in [2.45, 2.75) is 5.33 Å². The van der Waals surface area contributed by atoms with Gasteiger partial charge in [0.1, 0.15) is 0 Å². The number of alkyl halides is 1. The highest BCUT2D eigenvalue weighted by Gasteiger charge is 2.12. The number of halogens is 2. The van der Waals surface area contributed by atoms with Gasteiger partial charge in [0.25, 0.3) is 0 Å². The molecule has 3 rings (SSSR count). The van der Waals surface area contributed by atoms with E-state index in [1.807, 2.05) is 24.3 Å². The van der Waals surface area contributed by atoms with Gasteiger partial charge in [0.15, 0.2) is 0 Å². The molecule has 0 atom stereocenters. The Morgan fingerprint density at radius 2 is 1.87 bits per heavy atom. The average Bonchev–Trinajstić information content (AvgIpc) is 2.60. The van der Waals surface area contributed by atoms with Crippen LogP contribution in [-0.4, -0.2) is 23.0 Å². The first kappa shape index (κ1) is 15.9. The molecule has 116 valence electrons. The van der Waals surface area contributed by atoms with Gasteiger partial charge < -0.3 is 4.74 Å². The summed E-state index contributed by atoms with van der Waals surface area (Å²) in [6.07, 6.45) is 0. The first-order chi connectivity index (χ1) is 11.1. The Kier molecular flexibility index (Phi) is 4.59. The Balaban J connectivity index is 2.16. The second kappa shape index (κ2) is 6.64. The average molecular weight is 392 g/mol. The van der Waals surface area contributed by atoms with Crippen LogP contribution in [0.2, 0.25) is 5.02 Å². The molecule has 0 spiro atoms. The number of hydrogen-bond acceptors (Lipinski definition) is 4. The van der Waals surface area contributed by atoms with Gasteiger partial charge in [0.05, 0.1) is 35.1 Å². The summed E-state index contributed by atoms with van der Waals surface area (Å²) >= 11 is 9.39. The van der Waals surface area contributed by atoms with E-state index in [9.17, 15) is 4.79 Å². The molecule has 1 heterocycles. The summed E-state index contributed by atoms with van der Waals surface area (Å²) in [4.78, 5) is 20.9. The van der Waals surface area contributed by atoms with Gasteiger partial charge in [-0.1, -0.05) is 39.7 Å². The highest BCUT2D eigenvalue weighted by molar-refractivity contribution is 9.08. The highest BCUT2D eigenvalue weighted by Crippen LogP contribution is 2.26. The second-order valence-corrected chi connectivity index (χ2v) is 5.85. The predicted molar refractivity (Wildman–Crippen MR) is 94.0 cm³/mol. The van der Waals surface area contributed by atoms with Crippen molar-refractivity contribution in [1.29, 1.82) is 0 Å². The summed E-state index contributed by atoms with van der Waals surface area (Å²) in [5, 5.41) is 1.22. The fraction of sp³-hybridized carbons (Fsp3) is 0.118. The lowest BCUT2D eigenvalue weighted by Gasteiger charge is -2.09. The number of fused-ring (bicyclic) bond motifs is 1. The Labute approximate surface area is 146 Å². The largest absolute Gasteiger partial charge is 0.465 e. The normalized spacial score (nSPS) is 10.7. The van der Waals surface area contributed by atoms with Crippen LogP contribution in [0.25, 0.3) is 22.3 Å². The Hall–Kier alpha value is -1.98. The van der Waals surface area contributed by atoms with Gasteiger partial charge in [0, 0.05) is 15.9 Å². The minimum absolute atomic E-state index is 0.393. The molecule has 1 aromatic heterocycles. The fourth-order valence-electron chi connectivity index (χ4n) is 2.27. The van der Waals surface area contributed by atoms with Crippen molar-refractivity contribution in [1.82, 2.24) is 9.97 Å². The molecule has 4 nitrogen and oxygen atoms in total. The molecule has 23 heavy (non-hydrogen) atoms. The molecule has 0 fully saturated rings. The standard InChI is InChI=1S/C17H12BrClN2O2/c1-23-17(22)11-4-7-13-14(8-11)20-15(9-18)16(21-13)10-2-5-12(19)6-3-10/h2-8H,9H2,1H3. The zero-order valence-corrected chi connectivity index (χ0v) is 14.6. The third kappa shape index (κ3) is 3.21. The lowest BCUT2D eigenvalue weighted by Crippen LogP contribution is -2.02. The van der Waals surface area contributed by atoms with E-state index in [-0.39, 0.29) is 0 Å². The summed E-state index contributed by atoms with van der Waals surface area (Å²) in [5.41, 5.74) is 4.34. The molecule has 0 aliphatic heterocycles. The van der Waals surface area contributed by atoms with Crippen molar-refractivity contribution in [3.05, 3.63) is 58.7 Å². The van der Waals surface area contributed by atoms with E-state index in [4.69, 9.17) is 16.3 Å². The van der Waals surface area contributed by atoms with Crippen molar-refractivity contribution in [3.63, 3.8) is 0 Å². The number of rotatable bonds is 3. The number of hydrogen-bond donors (Lipinski definition) is 0. The summed E-state index contributed by atoms with van der Waals surface area (Å²) in [6, 6.07) is 12.6. The molecule has 2 aromatic carbocycles. The molecular formula is C17H12BrClN2O2. The summed E-state index contributed by atoms with van der Waals surface area (Å²) < 4.78 is 4.74. The van der Waals surface area contributed by atoms with Crippen LogP contribution in [0.5, 0.6) is 0 Å². The lowest BCUT2D eigenvalue weighted by molar-refractivity contribution is 0.0601. The minimum atomic E-state index is -0.393. The van der Waals surface area contributed by atoms with E-state index in [2.05, 4.69) is 25.9 Å². The SMILES string of the molecule is COC(=O)c1ccc2nc(-c3ccc(Cl)cc3)c(CBr)nc2c1. The van der Waals surface area contributed by atoms with E-state index in [1.54, 1.807) is 18.2 Å². The van der Waals surface area contributed by atoms with Gasteiger partial charge >= 0.3 is 5.97 Å². The Morgan fingerprint density at radius 1 is 1.13 bits per heavy atom. The number of esters is 1. The first-order valence-electron chi connectivity index (χ1n) is 6.83. The lowest BCUT2D eigenvalue weighted by atomic mass is 10.1. The van der Waals surface area contributed by atoms with Crippen LogP contribution in [0.3, 0.4) is 0 Å². The van der Waals surface area contributed by atoms with Crippen molar-refractivity contribution in [2.24, 2.45) is 0 Å². The zero-order chi connectivity index (χ0) is 16.4. The van der Waals surface area contributed by atoms with Gasteiger partial charge in [-0.25, -0.2) is 14.8 Å². The molecule has 0 bridgehead atoms. The van der Waals surface area contributed by atoms with Crippen LogP contribution in [0, 0.1) is 0 Å². The van der Waals surface area contributed by atoms with Crippen LogP contribution < -0.4 is 0 Å². The number of benzene rings is 2. The third-order valence-corrected chi connectivity index (χ3v) is 4.18. The number of methoxy groups -OCH3 is 1. The zero-order valence-electron chi connectivity index (χ0n) is 12.2. The maximum atomic E-state index is 11.6. The van der Waals surface area contributed by atoms with E-state index < -0.39 is 5.97 Å². The fourth-order valence-corrected chi connectivity index (χ4v) is 2.78. The first-order valence-corrected chi connectivity index (χ1v) is 8.33. The number of carbonyl (C=O) groups is 1. The topological polar surface area (TPSA) is 52.1 Å². The quantitative estimate of drug-likeness (QED) is 0.482. The van der Waals surface area contributed by atoms with Crippen molar-refractivity contribution in [3.8, 4) is 11.3 Å². The minimum Gasteiger partial charge on any atom is -0.465 e. The molecule has 0 amide bonds. The van der Waals surface area contributed by atoms with Crippen molar-refractivity contribution in [2.75, 3.05) is 7.11 Å². The van der Waals surface area contributed by atoms with Crippen LogP contribution in [0.1, 0.15) is 16.1 Å². The van der Waals surface area contributed by atoms with Gasteiger partial charge in [-0.3, -0.25) is 0 Å². The van der Waals surface area contributed by atoms with E-state index in [0.717, 1.165) is 17.0 Å².